The quantitative estimate of drug-likeness (QED) is 0.386. The Labute approximate surface area is 218 Å². The van der Waals surface area contributed by atoms with Gasteiger partial charge in [-0.1, -0.05) is 6.54 Å². The van der Waals surface area contributed by atoms with Gasteiger partial charge < -0.3 is 24.5 Å². The molecule has 32 heavy (non-hydrogen) atoms. The van der Waals surface area contributed by atoms with Gasteiger partial charge in [0.25, 0.3) is 0 Å². The van der Waals surface area contributed by atoms with Crippen molar-refractivity contribution < 1.29 is 54.5 Å². The maximum Gasteiger partial charge on any atom is 0.328 e. The molecule has 0 unspecified atom stereocenters. The number of hydrogen-bond acceptors (Lipinski definition) is 7. The first kappa shape index (κ1) is 24.6. The molecule has 0 radical (unpaired) electrons. The molecule has 0 bridgehead atoms. The summed E-state index contributed by atoms with van der Waals surface area (Å²) in [5.74, 6) is 3.18. The second-order valence-electron chi connectivity index (χ2n) is 7.50. The van der Waals surface area contributed by atoms with Gasteiger partial charge in [-0.15, -0.1) is 6.54 Å². The van der Waals surface area contributed by atoms with Gasteiger partial charge in [0.1, 0.15) is 23.0 Å². The van der Waals surface area contributed by atoms with Crippen molar-refractivity contribution in [1.82, 2.24) is 14.1 Å². The molecular formula is C22H26N5O4Th-. The van der Waals surface area contributed by atoms with E-state index in [0.717, 1.165) is 11.5 Å². The van der Waals surface area contributed by atoms with Crippen LogP contribution in [0.1, 0.15) is 12.5 Å². The van der Waals surface area contributed by atoms with Gasteiger partial charge in [0.05, 0.1) is 51.2 Å². The molecule has 3 heterocycles. The van der Waals surface area contributed by atoms with Gasteiger partial charge >= 0.3 is 5.69 Å². The van der Waals surface area contributed by atoms with E-state index in [4.69, 9.17) is 14.6 Å². The van der Waals surface area contributed by atoms with E-state index in [-0.39, 0.29) is 58.8 Å². The van der Waals surface area contributed by atoms with Crippen LogP contribution in [0.25, 0.3) is 11.4 Å². The third-order valence-corrected chi connectivity index (χ3v) is 5.23. The maximum absolute atomic E-state index is 13.5. The molecule has 9 nitrogen and oxygen atoms in total. The zero-order valence-corrected chi connectivity index (χ0v) is 22.5. The summed E-state index contributed by atoms with van der Waals surface area (Å²) in [5, 5.41) is 13.0. The predicted octanol–water partition coefficient (Wildman–Crippen LogP) is 1.13. The molecule has 1 aromatic rings. The van der Waals surface area contributed by atoms with E-state index in [0.29, 0.717) is 53.7 Å². The summed E-state index contributed by atoms with van der Waals surface area (Å²) in [6, 6.07) is 7.40. The molecule has 3 aliphatic heterocycles. The van der Waals surface area contributed by atoms with Crippen LogP contribution in [0.4, 0.5) is 5.82 Å². The van der Waals surface area contributed by atoms with Gasteiger partial charge in [-0.2, -0.15) is 6.92 Å². The van der Waals surface area contributed by atoms with Crippen LogP contribution in [0.2, 0.25) is 0 Å². The van der Waals surface area contributed by atoms with Gasteiger partial charge in [-0.05, 0) is 23.8 Å². The third kappa shape index (κ3) is 4.98. The summed E-state index contributed by atoms with van der Waals surface area (Å²) in [6.07, 6.45) is 1.66. The number of fused-ring (bicyclic) bond motifs is 3. The number of pyridine rings is 1. The molecule has 3 aliphatic rings. The number of nitrogens with one attached hydrogen (secondary N) is 1. The third-order valence-electron chi connectivity index (χ3n) is 5.23. The molecule has 0 aliphatic carbocycles. The monoisotopic (exact) mass is 656 g/mol. The second kappa shape index (κ2) is 10.7. The molecule has 0 amide bonds. The Hall–Kier alpha value is -2.01. The van der Waals surface area contributed by atoms with E-state index < -0.39 is 0 Å². The largest absolute Gasteiger partial charge is 0.497 e. The molecule has 0 saturated carbocycles. The fraction of sp³-hybridized carbons (Fsp3) is 0.364. The fourth-order valence-electron chi connectivity index (χ4n) is 3.75. The summed E-state index contributed by atoms with van der Waals surface area (Å²) < 4.78 is 14.2. The number of ether oxygens (including phenoxy) is 2. The molecule has 10 heteroatoms. The average Bonchev–Trinajstić information content (AvgIpc) is 2.79. The van der Waals surface area contributed by atoms with Crippen molar-refractivity contribution in [3.63, 3.8) is 0 Å². The number of rotatable bonds is 6. The van der Waals surface area contributed by atoms with E-state index >= 15 is 0 Å². The van der Waals surface area contributed by atoms with E-state index in [1.54, 1.807) is 35.6 Å². The normalized spacial score (nSPS) is 13.9. The van der Waals surface area contributed by atoms with Gasteiger partial charge in [0.15, 0.2) is 0 Å². The zero-order chi connectivity index (χ0) is 22.0. The smallest absolute Gasteiger partial charge is 0.328 e. The first-order chi connectivity index (χ1) is 15.0. The molecule has 0 saturated heterocycles. The van der Waals surface area contributed by atoms with Crippen LogP contribution >= 0.6 is 0 Å². The Bertz CT molecular complexity index is 1170. The number of anilines is 1. The van der Waals surface area contributed by atoms with Gasteiger partial charge in [-0.3, -0.25) is 15.5 Å². The van der Waals surface area contributed by atoms with Crippen molar-refractivity contribution in [2.75, 3.05) is 39.2 Å². The van der Waals surface area contributed by atoms with Crippen molar-refractivity contribution in [2.24, 2.45) is 4.99 Å². The van der Waals surface area contributed by atoms with Crippen LogP contribution in [-0.4, -0.2) is 53.1 Å². The predicted molar refractivity (Wildman–Crippen MR) is 117 cm³/mol. The molecule has 0 atom stereocenters. The Morgan fingerprint density at radius 1 is 1.22 bits per heavy atom. The van der Waals surface area contributed by atoms with Crippen molar-refractivity contribution in [1.29, 1.82) is 0 Å². The fourth-order valence-corrected chi connectivity index (χ4v) is 3.75. The number of nitrogens with zero attached hydrogens (tertiary/aromatic N) is 4. The summed E-state index contributed by atoms with van der Waals surface area (Å²) in [6.45, 7) is 3.80. The van der Waals surface area contributed by atoms with Gasteiger partial charge in [-0.25, -0.2) is 9.78 Å². The number of methoxy groups -OCH3 is 2. The van der Waals surface area contributed by atoms with Crippen molar-refractivity contribution in [3.05, 3.63) is 57.8 Å². The topological polar surface area (TPSA) is 103 Å². The summed E-state index contributed by atoms with van der Waals surface area (Å²) in [7, 11) is 3.19. The Kier molecular flexibility index (Phi) is 8.27. The van der Waals surface area contributed by atoms with Gasteiger partial charge in [0.2, 0.25) is 0 Å². The molecule has 2 N–H and O–H groups in total. The SMILES string of the molecule is COc1cc(Cn2c3cc(=NCCO)cnc-3c3n(c2=O)C[C-](C)CN3)cc(OC)c1.[Th]. The van der Waals surface area contributed by atoms with Crippen molar-refractivity contribution in [3.8, 4) is 22.9 Å². The maximum atomic E-state index is 13.5. The van der Waals surface area contributed by atoms with Gasteiger partial charge in [0, 0.05) is 46.0 Å². The van der Waals surface area contributed by atoms with E-state index in [2.05, 4.69) is 15.3 Å². The van der Waals surface area contributed by atoms with Crippen LogP contribution in [0.15, 0.2) is 40.2 Å². The first-order valence-corrected chi connectivity index (χ1v) is 10.1. The van der Waals surface area contributed by atoms with Crippen LogP contribution < -0.4 is 25.8 Å². The van der Waals surface area contributed by atoms with E-state index in [1.807, 2.05) is 25.1 Å². The van der Waals surface area contributed by atoms with Crippen LogP contribution in [-0.2, 0) is 13.1 Å². The minimum atomic E-state index is -0.142. The Balaban J connectivity index is 0.00000289. The molecule has 168 valence electrons. The minimum Gasteiger partial charge on any atom is -0.497 e. The molecule has 4 rings (SSSR count). The number of aliphatic hydroxyl groups excluding tert-OH is 1. The zero-order valence-electron chi connectivity index (χ0n) is 18.4. The molecule has 0 aromatic heterocycles. The summed E-state index contributed by atoms with van der Waals surface area (Å²) in [5.41, 5.74) is 2.09. The number of hydrogen-bond donors (Lipinski definition) is 2. The standard InChI is InChI=1S/C22H26N5O4.Th/c1-14-10-25-21-20-19(8-16(11-24-20)23-4-5-28)26(22(29)27(21)12-14)13-15-6-17(30-2)9-18(7-15)31-3;/h6-9,11,25,28H,4-5,10,12-13H2,1-3H3;/q-1;. The van der Waals surface area contributed by atoms with Crippen molar-refractivity contribution in [2.45, 2.75) is 20.0 Å². The number of benzene rings is 1. The second-order valence-corrected chi connectivity index (χ2v) is 7.50. The van der Waals surface area contributed by atoms with Crippen LogP contribution in [0.5, 0.6) is 11.5 Å². The number of aromatic nitrogens is 3. The summed E-state index contributed by atoms with van der Waals surface area (Å²) >= 11 is 0. The molecule has 1 aromatic carbocycles. The van der Waals surface area contributed by atoms with Crippen LogP contribution in [0, 0.1) is 45.9 Å². The Morgan fingerprint density at radius 2 is 1.94 bits per heavy atom. The van der Waals surface area contributed by atoms with Crippen molar-refractivity contribution >= 4 is 5.82 Å². The average molecular weight is 657 g/mol. The Morgan fingerprint density at radius 3 is 2.59 bits per heavy atom. The number of aliphatic hydroxyl groups is 1. The molecule has 0 spiro atoms. The van der Waals surface area contributed by atoms with E-state index in [9.17, 15) is 4.79 Å². The first-order valence-electron chi connectivity index (χ1n) is 10.1. The van der Waals surface area contributed by atoms with E-state index in [1.165, 1.54) is 0 Å². The minimum absolute atomic E-state index is 0. The summed E-state index contributed by atoms with van der Waals surface area (Å²) in [4.78, 5) is 22.5. The van der Waals surface area contributed by atoms with Crippen LogP contribution in [0.3, 0.4) is 0 Å². The molecular weight excluding hydrogens is 630 g/mol. The molecule has 0 fully saturated rings.